The number of H-pyrrole nitrogens is 1. The Hall–Kier alpha value is -4.70. The van der Waals surface area contributed by atoms with E-state index in [1.165, 1.54) is 6.20 Å². The molecule has 42 heavy (non-hydrogen) atoms. The van der Waals surface area contributed by atoms with Gasteiger partial charge in [0.05, 0.1) is 28.5 Å². The Morgan fingerprint density at radius 1 is 1.02 bits per heavy atom. The van der Waals surface area contributed by atoms with E-state index in [4.69, 9.17) is 0 Å². The summed E-state index contributed by atoms with van der Waals surface area (Å²) >= 11 is 0. The first kappa shape index (κ1) is 28.8. The Kier molecular flexibility index (Phi) is 7.51. The lowest BCUT2D eigenvalue weighted by molar-refractivity contribution is -0.139. The maximum atomic E-state index is 13.5. The minimum atomic E-state index is -4.90. The zero-order chi connectivity index (χ0) is 30.2. The number of aromatic amines is 1. The van der Waals surface area contributed by atoms with Crippen molar-refractivity contribution < 1.29 is 31.1 Å². The normalized spacial score (nSPS) is 15.2. The van der Waals surface area contributed by atoms with Gasteiger partial charge < -0.3 is 19.7 Å². The minimum Gasteiger partial charge on any atom is -0.379 e. The molecule has 1 aliphatic heterocycles. The number of carbonyl (C=O) groups excluding carboxylic acids is 1. The van der Waals surface area contributed by atoms with Gasteiger partial charge in [0.25, 0.3) is 11.5 Å². The van der Waals surface area contributed by atoms with Gasteiger partial charge >= 0.3 is 12.4 Å². The monoisotopic (exact) mass is 595 g/mol. The van der Waals surface area contributed by atoms with E-state index < -0.39 is 40.8 Å². The Labute approximate surface area is 233 Å². The zero-order valence-electron chi connectivity index (χ0n) is 21.9. The van der Waals surface area contributed by atoms with Gasteiger partial charge in [0.15, 0.2) is 0 Å². The molecule has 4 aromatic heterocycles. The third-order valence-corrected chi connectivity index (χ3v) is 6.69. The first-order valence-corrected chi connectivity index (χ1v) is 12.6. The molecule has 4 aromatic rings. The predicted molar refractivity (Wildman–Crippen MR) is 138 cm³/mol. The van der Waals surface area contributed by atoms with Gasteiger partial charge in [-0.25, -0.2) is 15.1 Å². The van der Waals surface area contributed by atoms with Crippen molar-refractivity contribution in [2.75, 3.05) is 36.4 Å². The Balaban J connectivity index is 1.30. The first-order chi connectivity index (χ1) is 19.8. The van der Waals surface area contributed by atoms with Crippen LogP contribution in [0.2, 0.25) is 0 Å². The molecule has 0 aliphatic carbocycles. The number of carbonyl (C=O) groups is 1. The van der Waals surface area contributed by atoms with Crippen LogP contribution >= 0.6 is 0 Å². The second-order valence-corrected chi connectivity index (χ2v) is 9.65. The predicted octanol–water partition coefficient (Wildman–Crippen LogP) is 3.41. The van der Waals surface area contributed by atoms with Crippen LogP contribution in [0.15, 0.2) is 47.9 Å². The molecule has 0 radical (unpaired) electrons. The highest BCUT2D eigenvalue weighted by molar-refractivity contribution is 6.05. The maximum absolute atomic E-state index is 13.5. The van der Waals surface area contributed by atoms with Crippen LogP contribution in [-0.2, 0) is 18.9 Å². The number of alkyl halides is 6. The molecule has 17 heteroatoms. The van der Waals surface area contributed by atoms with E-state index in [0.717, 1.165) is 6.20 Å². The number of fused-ring (bicyclic) bond motifs is 1. The SMILES string of the molecule is C[C@@H](Cn1cc(C(=O)N2CCN(c3ncc(C(F)(F)F)cn3)CC2)c2ncccc21)Nc1cn[nH]c(=O)c1C(F)(F)F. The molecule has 5 rings (SSSR count). The number of pyridine rings is 1. The van der Waals surface area contributed by atoms with Crippen molar-refractivity contribution in [3.8, 4) is 0 Å². The van der Waals surface area contributed by atoms with E-state index in [9.17, 15) is 35.9 Å². The first-order valence-electron chi connectivity index (χ1n) is 12.6. The molecule has 0 aromatic carbocycles. The van der Waals surface area contributed by atoms with Crippen molar-refractivity contribution in [2.24, 2.45) is 0 Å². The van der Waals surface area contributed by atoms with Crippen molar-refractivity contribution in [1.29, 1.82) is 0 Å². The molecule has 11 nitrogen and oxygen atoms in total. The third kappa shape index (κ3) is 5.84. The van der Waals surface area contributed by atoms with Gasteiger partial charge in [-0.3, -0.25) is 14.6 Å². The van der Waals surface area contributed by atoms with E-state index >= 15 is 0 Å². The highest BCUT2D eigenvalue weighted by Gasteiger charge is 2.38. The van der Waals surface area contributed by atoms with E-state index in [-0.39, 0.29) is 50.1 Å². The molecule has 5 heterocycles. The van der Waals surface area contributed by atoms with Gasteiger partial charge in [0.1, 0.15) is 11.1 Å². The van der Waals surface area contributed by atoms with Crippen LogP contribution < -0.4 is 15.8 Å². The van der Waals surface area contributed by atoms with Crippen LogP contribution in [-0.4, -0.2) is 72.7 Å². The summed E-state index contributed by atoms with van der Waals surface area (Å²) < 4.78 is 80.5. The quantitative estimate of drug-likeness (QED) is 0.325. The maximum Gasteiger partial charge on any atom is 0.423 e. The topological polar surface area (TPSA) is 125 Å². The highest BCUT2D eigenvalue weighted by Crippen LogP contribution is 2.32. The highest BCUT2D eigenvalue weighted by atomic mass is 19.4. The van der Waals surface area contributed by atoms with Gasteiger partial charge in [0.2, 0.25) is 5.95 Å². The van der Waals surface area contributed by atoms with Crippen LogP contribution in [0, 0.1) is 0 Å². The molecule has 0 saturated carbocycles. The summed E-state index contributed by atoms with van der Waals surface area (Å²) in [6, 6.07) is 2.76. The van der Waals surface area contributed by atoms with Crippen LogP contribution in [0.3, 0.4) is 0 Å². The number of hydrogen-bond donors (Lipinski definition) is 2. The summed E-state index contributed by atoms with van der Waals surface area (Å²) in [5.41, 5.74) is -2.93. The average Bonchev–Trinajstić information content (AvgIpc) is 3.30. The molecule has 0 spiro atoms. The van der Waals surface area contributed by atoms with Crippen molar-refractivity contribution in [2.45, 2.75) is 31.9 Å². The lowest BCUT2D eigenvalue weighted by atomic mass is 10.2. The second kappa shape index (κ2) is 10.9. The molecule has 222 valence electrons. The fourth-order valence-electron chi connectivity index (χ4n) is 4.74. The summed E-state index contributed by atoms with van der Waals surface area (Å²) in [7, 11) is 0. The van der Waals surface area contributed by atoms with Crippen molar-refractivity contribution in [1.82, 2.24) is 34.6 Å². The molecule has 0 unspecified atom stereocenters. The van der Waals surface area contributed by atoms with Crippen LogP contribution in [0.25, 0.3) is 11.0 Å². The standard InChI is InChI=1S/C25H23F6N9O2/c1-14(36-17-11-35-37-21(41)19(17)25(29,30)31)12-40-13-16(20-18(40)3-2-4-32-20)22(42)38-5-7-39(8-6-38)23-33-9-15(10-34-23)24(26,27)28/h2-4,9-11,13-14H,5-8,12H2,1H3,(H2,36,37,41)/t14-/m0/s1. The Bertz CT molecular complexity index is 1640. The van der Waals surface area contributed by atoms with Gasteiger partial charge in [-0.15, -0.1) is 0 Å². The number of rotatable bonds is 6. The Morgan fingerprint density at radius 2 is 1.71 bits per heavy atom. The number of aromatic nitrogens is 6. The number of piperazine rings is 1. The average molecular weight is 596 g/mol. The van der Waals surface area contributed by atoms with Crippen molar-refractivity contribution >= 4 is 28.6 Å². The van der Waals surface area contributed by atoms with Gasteiger partial charge in [0, 0.05) is 63.6 Å². The molecule has 1 aliphatic rings. The molecule has 1 atom stereocenters. The van der Waals surface area contributed by atoms with Gasteiger partial charge in [-0.2, -0.15) is 31.4 Å². The molecule has 1 fully saturated rings. The summed E-state index contributed by atoms with van der Waals surface area (Å²) in [4.78, 5) is 40.5. The van der Waals surface area contributed by atoms with E-state index in [2.05, 4.69) is 25.4 Å². The second-order valence-electron chi connectivity index (χ2n) is 9.65. The summed E-state index contributed by atoms with van der Waals surface area (Å²) in [6.45, 7) is 2.81. The van der Waals surface area contributed by atoms with Crippen molar-refractivity contribution in [3.63, 3.8) is 0 Å². The fourth-order valence-corrected chi connectivity index (χ4v) is 4.74. The lowest BCUT2D eigenvalue weighted by Crippen LogP contribution is -2.49. The van der Waals surface area contributed by atoms with Gasteiger partial charge in [-0.1, -0.05) is 0 Å². The number of nitrogens with one attached hydrogen (secondary N) is 2. The van der Waals surface area contributed by atoms with Crippen molar-refractivity contribution in [3.05, 3.63) is 70.2 Å². The summed E-state index contributed by atoms with van der Waals surface area (Å²) in [5.74, 6) is -0.205. The van der Waals surface area contributed by atoms with E-state index in [0.29, 0.717) is 23.4 Å². The lowest BCUT2D eigenvalue weighted by Gasteiger charge is -2.34. The van der Waals surface area contributed by atoms with Crippen LogP contribution in [0.1, 0.15) is 28.4 Å². The fraction of sp³-hybridized carbons (Fsp3) is 0.360. The van der Waals surface area contributed by atoms with Gasteiger partial charge in [-0.05, 0) is 19.1 Å². The zero-order valence-corrected chi connectivity index (χ0v) is 21.9. The van der Waals surface area contributed by atoms with Crippen LogP contribution in [0.4, 0.5) is 38.0 Å². The molecule has 1 saturated heterocycles. The van der Waals surface area contributed by atoms with Crippen LogP contribution in [0.5, 0.6) is 0 Å². The van der Waals surface area contributed by atoms with E-state index in [1.807, 2.05) is 0 Å². The largest absolute Gasteiger partial charge is 0.423 e. The third-order valence-electron chi connectivity index (χ3n) is 6.69. The number of hydrogen-bond acceptors (Lipinski definition) is 8. The number of amides is 1. The number of halogens is 6. The molecule has 2 N–H and O–H groups in total. The smallest absolute Gasteiger partial charge is 0.379 e. The summed E-state index contributed by atoms with van der Waals surface area (Å²) in [5, 5.41) is 7.94. The molecule has 1 amide bonds. The molecular formula is C25H23F6N9O2. The summed E-state index contributed by atoms with van der Waals surface area (Å²) in [6.07, 6.45) is -4.04. The number of nitrogens with zero attached hydrogens (tertiary/aromatic N) is 7. The molecular weight excluding hydrogens is 572 g/mol. The number of anilines is 2. The minimum absolute atomic E-state index is 0.124. The molecule has 0 bridgehead atoms. The Morgan fingerprint density at radius 3 is 2.36 bits per heavy atom. The van der Waals surface area contributed by atoms with E-state index in [1.54, 1.807) is 44.7 Å².